The van der Waals surface area contributed by atoms with Gasteiger partial charge < -0.3 is 14.8 Å². The van der Waals surface area contributed by atoms with E-state index in [1.165, 1.54) is 31.0 Å². The van der Waals surface area contributed by atoms with Crippen LogP contribution in [0.5, 0.6) is 11.5 Å². The Kier molecular flexibility index (Phi) is 7.76. The highest BCUT2D eigenvalue weighted by Gasteiger charge is 2.24. The fourth-order valence-corrected chi connectivity index (χ4v) is 3.70. The monoisotopic (exact) mass is 410 g/mol. The van der Waals surface area contributed by atoms with Crippen molar-refractivity contribution >= 4 is 34.6 Å². The Hall–Kier alpha value is -2.73. The van der Waals surface area contributed by atoms with Crippen LogP contribution in [0, 0.1) is 0 Å². The minimum atomic E-state index is -0.153. The minimum Gasteiger partial charge on any atom is -0.493 e. The van der Waals surface area contributed by atoms with Crippen molar-refractivity contribution in [3.05, 3.63) is 59.0 Å². The van der Waals surface area contributed by atoms with Crippen LogP contribution in [0.2, 0.25) is 0 Å². The zero-order valence-electron chi connectivity index (χ0n) is 16.8. The summed E-state index contributed by atoms with van der Waals surface area (Å²) in [5, 5.41) is 3.38. The molecule has 0 unspecified atom stereocenters. The summed E-state index contributed by atoms with van der Waals surface area (Å²) in [6.45, 7) is 2.87. The molecule has 2 aromatic rings. The summed E-state index contributed by atoms with van der Waals surface area (Å²) in [7, 11) is 1.62. The first-order valence-electron chi connectivity index (χ1n) is 9.85. The summed E-state index contributed by atoms with van der Waals surface area (Å²) in [6.07, 6.45) is 6.46. The van der Waals surface area contributed by atoms with E-state index in [0.29, 0.717) is 22.4 Å². The molecule has 0 aromatic heterocycles. The number of ether oxygens (including phenoxy) is 2. The second-order valence-corrected chi connectivity index (χ2v) is 7.67. The first-order chi connectivity index (χ1) is 14.2. The number of methoxy groups -OCH3 is 1. The first kappa shape index (κ1) is 21.0. The maximum Gasteiger partial charge on any atom is 0.264 e. The number of benzene rings is 2. The van der Waals surface area contributed by atoms with Gasteiger partial charge in [0.25, 0.3) is 5.91 Å². The molecule has 1 heterocycles. The molecule has 1 amide bonds. The van der Waals surface area contributed by atoms with Crippen molar-refractivity contribution in [2.24, 2.45) is 4.99 Å². The van der Waals surface area contributed by atoms with Gasteiger partial charge in [-0.25, -0.2) is 4.99 Å². The van der Waals surface area contributed by atoms with Gasteiger partial charge in [0.1, 0.15) is 0 Å². The molecule has 1 saturated heterocycles. The number of hydrogen-bond donors (Lipinski definition) is 1. The molecule has 0 radical (unpaired) electrons. The highest BCUT2D eigenvalue weighted by molar-refractivity contribution is 8.18. The van der Waals surface area contributed by atoms with Gasteiger partial charge in [0, 0.05) is 0 Å². The predicted octanol–water partition coefficient (Wildman–Crippen LogP) is 5.55. The number of carbonyl (C=O) groups excluding carboxylic acids is 1. The van der Waals surface area contributed by atoms with Gasteiger partial charge in [-0.3, -0.25) is 4.79 Å². The van der Waals surface area contributed by atoms with E-state index in [2.05, 4.69) is 17.2 Å². The van der Waals surface area contributed by atoms with Crippen LogP contribution < -0.4 is 14.8 Å². The summed E-state index contributed by atoms with van der Waals surface area (Å²) in [4.78, 5) is 17.3. The molecule has 0 aliphatic carbocycles. The van der Waals surface area contributed by atoms with Crippen LogP contribution in [0.1, 0.15) is 38.2 Å². The van der Waals surface area contributed by atoms with Crippen molar-refractivity contribution in [2.45, 2.75) is 32.6 Å². The van der Waals surface area contributed by atoms with Crippen LogP contribution in [-0.4, -0.2) is 24.8 Å². The topological polar surface area (TPSA) is 59.9 Å². The molecule has 1 N–H and O–H groups in total. The molecule has 1 aliphatic rings. The van der Waals surface area contributed by atoms with E-state index in [4.69, 9.17) is 9.47 Å². The lowest BCUT2D eigenvalue weighted by Gasteiger charge is -2.11. The Balaban J connectivity index is 1.68. The number of amides is 1. The highest BCUT2D eigenvalue weighted by Crippen LogP contribution is 2.32. The lowest BCUT2D eigenvalue weighted by molar-refractivity contribution is -0.115. The largest absolute Gasteiger partial charge is 0.493 e. The lowest BCUT2D eigenvalue weighted by Crippen LogP contribution is -2.19. The van der Waals surface area contributed by atoms with E-state index < -0.39 is 0 Å². The molecule has 5 nitrogen and oxygen atoms in total. The van der Waals surface area contributed by atoms with E-state index in [1.807, 2.05) is 54.6 Å². The standard InChI is InChI=1S/C23H26N2O3S/c1-3-4-5-9-14-28-19-13-12-17(15-20(19)27-2)16-21-22(26)25-23(29-21)24-18-10-7-6-8-11-18/h6-8,10-13,15-16H,3-5,9,14H2,1-2H3,(H,24,25,26)/b21-16+. The maximum absolute atomic E-state index is 12.3. The quantitative estimate of drug-likeness (QED) is 0.435. The number of para-hydroxylation sites is 1. The van der Waals surface area contributed by atoms with Gasteiger partial charge in [0.05, 0.1) is 24.3 Å². The SMILES string of the molecule is CCCCCCOc1ccc(/C=C2/SC(=Nc3ccccc3)NC2=O)cc1OC. The van der Waals surface area contributed by atoms with Crippen molar-refractivity contribution in [1.29, 1.82) is 0 Å². The molecule has 0 saturated carbocycles. The van der Waals surface area contributed by atoms with Crippen molar-refractivity contribution < 1.29 is 14.3 Å². The number of aliphatic imine (C=N–C) groups is 1. The molecule has 1 aliphatic heterocycles. The molecule has 29 heavy (non-hydrogen) atoms. The number of hydrogen-bond acceptors (Lipinski definition) is 5. The van der Waals surface area contributed by atoms with E-state index in [0.717, 1.165) is 23.4 Å². The van der Waals surface area contributed by atoms with Gasteiger partial charge in [-0.15, -0.1) is 0 Å². The first-order valence-corrected chi connectivity index (χ1v) is 10.7. The average Bonchev–Trinajstić information content (AvgIpc) is 3.07. The van der Waals surface area contributed by atoms with Gasteiger partial charge in [-0.2, -0.15) is 0 Å². The zero-order chi connectivity index (χ0) is 20.5. The van der Waals surface area contributed by atoms with E-state index >= 15 is 0 Å². The molecule has 0 bridgehead atoms. The number of unbranched alkanes of at least 4 members (excludes halogenated alkanes) is 3. The summed E-state index contributed by atoms with van der Waals surface area (Å²) in [5.41, 5.74) is 1.68. The molecule has 0 atom stereocenters. The van der Waals surface area contributed by atoms with Gasteiger partial charge in [-0.1, -0.05) is 50.5 Å². The molecule has 3 rings (SSSR count). The van der Waals surface area contributed by atoms with Crippen molar-refractivity contribution in [3.8, 4) is 11.5 Å². The van der Waals surface area contributed by atoms with Gasteiger partial charge >= 0.3 is 0 Å². The van der Waals surface area contributed by atoms with Crippen LogP contribution in [0.15, 0.2) is 58.4 Å². The van der Waals surface area contributed by atoms with Gasteiger partial charge in [0.2, 0.25) is 0 Å². The Morgan fingerprint density at radius 1 is 1.07 bits per heavy atom. The molecule has 6 heteroatoms. The predicted molar refractivity (Wildman–Crippen MR) is 120 cm³/mol. The van der Waals surface area contributed by atoms with Crippen LogP contribution in [-0.2, 0) is 4.79 Å². The Bertz CT molecular complexity index is 894. The molecule has 2 aromatic carbocycles. The van der Waals surface area contributed by atoms with Gasteiger partial charge in [0.15, 0.2) is 16.7 Å². The van der Waals surface area contributed by atoms with Crippen LogP contribution in [0.3, 0.4) is 0 Å². The van der Waals surface area contributed by atoms with Crippen LogP contribution >= 0.6 is 11.8 Å². The maximum atomic E-state index is 12.3. The molecular weight excluding hydrogens is 384 g/mol. The Morgan fingerprint density at radius 2 is 1.90 bits per heavy atom. The zero-order valence-corrected chi connectivity index (χ0v) is 17.6. The Morgan fingerprint density at radius 3 is 2.66 bits per heavy atom. The summed E-state index contributed by atoms with van der Waals surface area (Å²) < 4.78 is 11.3. The lowest BCUT2D eigenvalue weighted by atomic mass is 10.2. The van der Waals surface area contributed by atoms with Crippen molar-refractivity contribution in [3.63, 3.8) is 0 Å². The summed E-state index contributed by atoms with van der Waals surface area (Å²) in [5.74, 6) is 1.23. The van der Waals surface area contributed by atoms with E-state index in [9.17, 15) is 4.79 Å². The van der Waals surface area contributed by atoms with Crippen molar-refractivity contribution in [2.75, 3.05) is 13.7 Å². The van der Waals surface area contributed by atoms with Crippen LogP contribution in [0.25, 0.3) is 6.08 Å². The molecule has 1 fully saturated rings. The molecule has 152 valence electrons. The highest BCUT2D eigenvalue weighted by atomic mass is 32.2. The molecular formula is C23H26N2O3S. The number of amidine groups is 1. The van der Waals surface area contributed by atoms with Crippen LogP contribution in [0.4, 0.5) is 5.69 Å². The number of thioether (sulfide) groups is 1. The smallest absolute Gasteiger partial charge is 0.264 e. The number of carbonyl (C=O) groups is 1. The fraction of sp³-hybridized carbons (Fsp3) is 0.304. The number of nitrogens with zero attached hydrogens (tertiary/aromatic N) is 1. The average molecular weight is 411 g/mol. The summed E-state index contributed by atoms with van der Waals surface area (Å²) >= 11 is 1.33. The third kappa shape index (κ3) is 6.12. The number of rotatable bonds is 9. The Labute approximate surface area is 176 Å². The molecule has 0 spiro atoms. The third-order valence-corrected chi connectivity index (χ3v) is 5.29. The second-order valence-electron chi connectivity index (χ2n) is 6.64. The van der Waals surface area contributed by atoms with E-state index in [1.54, 1.807) is 7.11 Å². The van der Waals surface area contributed by atoms with Gasteiger partial charge in [-0.05, 0) is 54.1 Å². The fourth-order valence-electron chi connectivity index (χ4n) is 2.86. The number of nitrogens with one attached hydrogen (secondary N) is 1. The second kappa shape index (κ2) is 10.7. The van der Waals surface area contributed by atoms with E-state index in [-0.39, 0.29) is 5.91 Å². The third-order valence-electron chi connectivity index (χ3n) is 4.38. The normalized spacial score (nSPS) is 16.3. The summed E-state index contributed by atoms with van der Waals surface area (Å²) in [6, 6.07) is 15.3. The van der Waals surface area contributed by atoms with Crippen molar-refractivity contribution in [1.82, 2.24) is 5.32 Å². The minimum absolute atomic E-state index is 0.153.